The molecule has 0 aromatic heterocycles. The summed E-state index contributed by atoms with van der Waals surface area (Å²) >= 11 is 5.81. The summed E-state index contributed by atoms with van der Waals surface area (Å²) in [4.78, 5) is 24.3. The van der Waals surface area contributed by atoms with E-state index in [0.29, 0.717) is 24.4 Å². The van der Waals surface area contributed by atoms with Gasteiger partial charge in [0.05, 0.1) is 11.4 Å². The predicted molar refractivity (Wildman–Crippen MR) is 91.5 cm³/mol. The zero-order chi connectivity index (χ0) is 17.8. The number of carbonyl (C=O) groups is 2. The van der Waals surface area contributed by atoms with Gasteiger partial charge in [0.1, 0.15) is 0 Å². The third kappa shape index (κ3) is 3.57. The average molecular weight is 373 g/mol. The molecule has 0 spiro atoms. The first-order chi connectivity index (χ1) is 11.3. The summed E-state index contributed by atoms with van der Waals surface area (Å²) in [5.41, 5.74) is 0. The van der Waals surface area contributed by atoms with Crippen molar-refractivity contribution in [3.8, 4) is 0 Å². The Labute approximate surface area is 146 Å². The zero-order valence-corrected chi connectivity index (χ0v) is 15.0. The van der Waals surface area contributed by atoms with E-state index in [9.17, 15) is 18.0 Å². The summed E-state index contributed by atoms with van der Waals surface area (Å²) in [7, 11) is -3.88. The molecule has 1 aromatic carbocycles. The Bertz CT molecular complexity index is 710. The maximum Gasteiger partial charge on any atom is 0.242 e. The van der Waals surface area contributed by atoms with E-state index in [1.54, 1.807) is 6.92 Å². The monoisotopic (exact) mass is 372 g/mol. The molecule has 1 aromatic rings. The van der Waals surface area contributed by atoms with Crippen molar-refractivity contribution in [2.45, 2.75) is 42.2 Å². The van der Waals surface area contributed by atoms with Crippen LogP contribution >= 0.6 is 11.6 Å². The third-order valence-electron chi connectivity index (χ3n) is 4.25. The fourth-order valence-corrected chi connectivity index (χ4v) is 5.20. The molecule has 2 N–H and O–H groups in total. The number of amides is 2. The molecular weight excluding hydrogens is 352 g/mol. The molecule has 24 heavy (non-hydrogen) atoms. The first kappa shape index (κ1) is 18.7. The topological polar surface area (TPSA) is 92.3 Å². The Morgan fingerprint density at radius 3 is 2.25 bits per heavy atom. The molecular formula is C16H21ClN2O4S. The smallest absolute Gasteiger partial charge is 0.242 e. The summed E-state index contributed by atoms with van der Waals surface area (Å²) in [6.45, 7) is 1.98. The van der Waals surface area contributed by atoms with Crippen LogP contribution in [0.1, 0.15) is 32.6 Å². The number of hydrogen-bond donors (Lipinski definition) is 2. The van der Waals surface area contributed by atoms with Crippen LogP contribution in [0.4, 0.5) is 0 Å². The van der Waals surface area contributed by atoms with Gasteiger partial charge >= 0.3 is 0 Å². The molecule has 1 saturated carbocycles. The SMILES string of the molecule is CCNC(=O)CNC(=O)C1(S(=O)(=O)c2ccc(Cl)cc2)CCCC1. The Balaban J connectivity index is 2.28. The van der Waals surface area contributed by atoms with Gasteiger partial charge in [-0.15, -0.1) is 0 Å². The van der Waals surface area contributed by atoms with Crippen molar-refractivity contribution in [3.05, 3.63) is 29.3 Å². The van der Waals surface area contributed by atoms with E-state index in [1.807, 2.05) is 0 Å². The van der Waals surface area contributed by atoms with Crippen LogP contribution in [-0.4, -0.2) is 38.1 Å². The van der Waals surface area contributed by atoms with E-state index < -0.39 is 20.5 Å². The largest absolute Gasteiger partial charge is 0.355 e. The van der Waals surface area contributed by atoms with Crippen molar-refractivity contribution in [2.75, 3.05) is 13.1 Å². The van der Waals surface area contributed by atoms with Crippen LogP contribution in [-0.2, 0) is 19.4 Å². The summed E-state index contributed by atoms with van der Waals surface area (Å²) in [6, 6.07) is 5.80. The number of likely N-dealkylation sites (N-methyl/N-ethyl adjacent to an activating group) is 1. The molecule has 2 amide bonds. The lowest BCUT2D eigenvalue weighted by atomic mass is 10.1. The summed E-state index contributed by atoms with van der Waals surface area (Å²) in [6.07, 6.45) is 1.81. The minimum Gasteiger partial charge on any atom is -0.355 e. The normalized spacial score (nSPS) is 16.6. The van der Waals surface area contributed by atoms with Gasteiger partial charge in [-0.05, 0) is 44.0 Å². The molecule has 0 aliphatic heterocycles. The number of nitrogens with one attached hydrogen (secondary N) is 2. The van der Waals surface area contributed by atoms with Crippen LogP contribution in [0, 0.1) is 0 Å². The highest BCUT2D eigenvalue weighted by atomic mass is 35.5. The minimum atomic E-state index is -3.88. The molecule has 1 aliphatic carbocycles. The molecule has 1 aliphatic rings. The van der Waals surface area contributed by atoms with Gasteiger partial charge in [-0.2, -0.15) is 0 Å². The number of sulfone groups is 1. The number of halogens is 1. The Morgan fingerprint density at radius 1 is 1.12 bits per heavy atom. The van der Waals surface area contributed by atoms with E-state index in [-0.39, 0.29) is 30.2 Å². The Morgan fingerprint density at radius 2 is 1.71 bits per heavy atom. The first-order valence-corrected chi connectivity index (χ1v) is 9.75. The second-order valence-electron chi connectivity index (χ2n) is 5.79. The van der Waals surface area contributed by atoms with Gasteiger partial charge in [0.2, 0.25) is 11.8 Å². The molecule has 132 valence electrons. The van der Waals surface area contributed by atoms with Gasteiger partial charge in [0, 0.05) is 11.6 Å². The van der Waals surface area contributed by atoms with Crippen LogP contribution in [0.2, 0.25) is 5.02 Å². The molecule has 0 atom stereocenters. The number of hydrogen-bond acceptors (Lipinski definition) is 4. The number of benzene rings is 1. The van der Waals surface area contributed by atoms with Crippen LogP contribution < -0.4 is 10.6 Å². The average Bonchev–Trinajstić information content (AvgIpc) is 3.05. The molecule has 1 fully saturated rings. The highest BCUT2D eigenvalue weighted by Gasteiger charge is 2.52. The molecule has 6 nitrogen and oxygen atoms in total. The zero-order valence-electron chi connectivity index (χ0n) is 13.5. The van der Waals surface area contributed by atoms with Gasteiger partial charge < -0.3 is 10.6 Å². The summed E-state index contributed by atoms with van der Waals surface area (Å²) in [5, 5.41) is 5.47. The van der Waals surface area contributed by atoms with Crippen molar-refractivity contribution in [2.24, 2.45) is 0 Å². The van der Waals surface area contributed by atoms with Crippen molar-refractivity contribution < 1.29 is 18.0 Å². The van der Waals surface area contributed by atoms with Crippen molar-refractivity contribution >= 4 is 33.3 Å². The molecule has 0 heterocycles. The fourth-order valence-electron chi connectivity index (χ4n) is 2.98. The van der Waals surface area contributed by atoms with Crippen LogP contribution in [0.3, 0.4) is 0 Å². The molecule has 8 heteroatoms. The number of rotatable bonds is 6. The lowest BCUT2D eigenvalue weighted by Crippen LogP contribution is -2.52. The standard InChI is InChI=1S/C16H21ClN2O4S/c1-2-18-14(20)11-19-15(21)16(9-3-4-10-16)24(22,23)13-7-5-12(17)6-8-13/h5-8H,2-4,9-11H2,1H3,(H,18,20)(H,19,21). The molecule has 0 unspecified atom stereocenters. The highest BCUT2D eigenvalue weighted by molar-refractivity contribution is 7.93. The second kappa shape index (κ2) is 7.53. The van der Waals surface area contributed by atoms with Gasteiger partial charge in [-0.3, -0.25) is 9.59 Å². The fraction of sp³-hybridized carbons (Fsp3) is 0.500. The van der Waals surface area contributed by atoms with Gasteiger partial charge in [-0.25, -0.2) is 8.42 Å². The quantitative estimate of drug-likeness (QED) is 0.794. The van der Waals surface area contributed by atoms with E-state index in [1.165, 1.54) is 24.3 Å². The molecule has 0 radical (unpaired) electrons. The van der Waals surface area contributed by atoms with Gasteiger partial charge in [-0.1, -0.05) is 24.4 Å². The van der Waals surface area contributed by atoms with E-state index >= 15 is 0 Å². The molecule has 0 saturated heterocycles. The number of carbonyl (C=O) groups excluding carboxylic acids is 2. The predicted octanol–water partition coefficient (Wildman–Crippen LogP) is 1.68. The van der Waals surface area contributed by atoms with Gasteiger partial charge in [0.25, 0.3) is 0 Å². The minimum absolute atomic E-state index is 0.0713. The highest BCUT2D eigenvalue weighted by Crippen LogP contribution is 2.40. The lowest BCUT2D eigenvalue weighted by Gasteiger charge is -2.27. The van der Waals surface area contributed by atoms with Crippen LogP contribution in [0.15, 0.2) is 29.2 Å². The Hall–Kier alpha value is -1.60. The van der Waals surface area contributed by atoms with Crippen molar-refractivity contribution in [3.63, 3.8) is 0 Å². The van der Waals surface area contributed by atoms with Gasteiger partial charge in [0.15, 0.2) is 14.6 Å². The lowest BCUT2D eigenvalue weighted by molar-refractivity contribution is -0.127. The molecule has 0 bridgehead atoms. The Kier molecular flexibility index (Phi) is 5.87. The van der Waals surface area contributed by atoms with E-state index in [4.69, 9.17) is 11.6 Å². The maximum absolute atomic E-state index is 13.1. The summed E-state index contributed by atoms with van der Waals surface area (Å²) < 4.78 is 24.6. The van der Waals surface area contributed by atoms with Crippen LogP contribution in [0.25, 0.3) is 0 Å². The summed E-state index contributed by atoms with van der Waals surface area (Å²) in [5.74, 6) is -0.955. The first-order valence-electron chi connectivity index (χ1n) is 7.89. The van der Waals surface area contributed by atoms with Crippen molar-refractivity contribution in [1.82, 2.24) is 10.6 Å². The van der Waals surface area contributed by atoms with E-state index in [2.05, 4.69) is 10.6 Å². The maximum atomic E-state index is 13.1. The second-order valence-corrected chi connectivity index (χ2v) is 8.49. The van der Waals surface area contributed by atoms with Crippen molar-refractivity contribution in [1.29, 1.82) is 0 Å². The third-order valence-corrected chi connectivity index (χ3v) is 7.01. The molecule has 2 rings (SSSR count). The van der Waals surface area contributed by atoms with E-state index in [0.717, 1.165) is 0 Å². The van der Waals surface area contributed by atoms with Crippen LogP contribution in [0.5, 0.6) is 0 Å².